The SMILES string of the molecule is COC(=O)/C(=C/CO)n1ncc2ccc(-c3ccccc3)cc21. The molecule has 1 heterocycles. The topological polar surface area (TPSA) is 64.3 Å². The number of esters is 1. The van der Waals surface area contributed by atoms with Gasteiger partial charge in [-0.1, -0.05) is 42.5 Å². The van der Waals surface area contributed by atoms with Crippen molar-refractivity contribution in [3.05, 3.63) is 60.8 Å². The minimum absolute atomic E-state index is 0.190. The van der Waals surface area contributed by atoms with E-state index in [2.05, 4.69) is 5.10 Å². The molecule has 0 amide bonds. The number of aromatic nitrogens is 2. The second kappa shape index (κ2) is 6.46. The molecular formula is C18H16N2O3. The van der Waals surface area contributed by atoms with Gasteiger partial charge in [0.1, 0.15) is 5.70 Å². The average molecular weight is 308 g/mol. The first-order valence-corrected chi connectivity index (χ1v) is 7.17. The Hall–Kier alpha value is -2.92. The second-order valence-corrected chi connectivity index (χ2v) is 4.96. The van der Waals surface area contributed by atoms with Crippen molar-refractivity contribution in [3.8, 4) is 11.1 Å². The van der Waals surface area contributed by atoms with Crippen LogP contribution in [-0.4, -0.2) is 34.6 Å². The van der Waals surface area contributed by atoms with Crippen molar-refractivity contribution in [2.75, 3.05) is 13.7 Å². The van der Waals surface area contributed by atoms with Crippen LogP contribution in [0.15, 0.2) is 60.8 Å². The predicted molar refractivity (Wildman–Crippen MR) is 88.5 cm³/mol. The Labute approximate surface area is 133 Å². The molecule has 0 aliphatic rings. The average Bonchev–Trinajstić information content (AvgIpc) is 3.02. The number of hydrogen-bond acceptors (Lipinski definition) is 4. The minimum Gasteiger partial charge on any atom is -0.464 e. The molecule has 1 N–H and O–H groups in total. The normalized spacial score (nSPS) is 11.7. The first-order valence-electron chi connectivity index (χ1n) is 7.17. The summed E-state index contributed by atoms with van der Waals surface area (Å²) in [4.78, 5) is 11.9. The highest BCUT2D eigenvalue weighted by atomic mass is 16.5. The highest BCUT2D eigenvalue weighted by Gasteiger charge is 2.16. The third-order valence-electron chi connectivity index (χ3n) is 3.59. The molecule has 23 heavy (non-hydrogen) atoms. The first kappa shape index (κ1) is 15.0. The number of nitrogens with zero attached hydrogens (tertiary/aromatic N) is 2. The zero-order chi connectivity index (χ0) is 16.2. The Morgan fingerprint density at radius 3 is 2.70 bits per heavy atom. The Morgan fingerprint density at radius 1 is 1.22 bits per heavy atom. The number of carbonyl (C=O) groups excluding carboxylic acids is 1. The molecule has 0 bridgehead atoms. The maximum Gasteiger partial charge on any atom is 0.356 e. The van der Waals surface area contributed by atoms with Crippen molar-refractivity contribution in [2.24, 2.45) is 0 Å². The van der Waals surface area contributed by atoms with Crippen LogP contribution >= 0.6 is 0 Å². The van der Waals surface area contributed by atoms with Crippen molar-refractivity contribution < 1.29 is 14.6 Å². The summed E-state index contributed by atoms with van der Waals surface area (Å²) in [6.45, 7) is -0.274. The van der Waals surface area contributed by atoms with Gasteiger partial charge in [0.05, 0.1) is 25.4 Å². The van der Waals surface area contributed by atoms with E-state index in [4.69, 9.17) is 9.84 Å². The van der Waals surface area contributed by atoms with Gasteiger partial charge in [-0.3, -0.25) is 0 Å². The van der Waals surface area contributed by atoms with Crippen molar-refractivity contribution in [2.45, 2.75) is 0 Å². The Bertz CT molecular complexity index is 866. The Morgan fingerprint density at radius 2 is 2.00 bits per heavy atom. The highest BCUT2D eigenvalue weighted by Crippen LogP contribution is 2.26. The third-order valence-corrected chi connectivity index (χ3v) is 3.59. The number of methoxy groups -OCH3 is 1. The molecule has 0 aliphatic heterocycles. The fourth-order valence-electron chi connectivity index (χ4n) is 2.47. The van der Waals surface area contributed by atoms with Gasteiger partial charge in [-0.05, 0) is 23.3 Å². The number of benzene rings is 2. The Kier molecular flexibility index (Phi) is 4.21. The smallest absolute Gasteiger partial charge is 0.356 e. The van der Waals surface area contributed by atoms with Gasteiger partial charge >= 0.3 is 5.97 Å². The number of hydrogen-bond donors (Lipinski definition) is 1. The van der Waals surface area contributed by atoms with E-state index in [-0.39, 0.29) is 12.3 Å². The van der Waals surface area contributed by atoms with Crippen molar-refractivity contribution in [3.63, 3.8) is 0 Å². The van der Waals surface area contributed by atoms with Crippen LogP contribution in [-0.2, 0) is 9.53 Å². The molecule has 3 rings (SSSR count). The van der Waals surface area contributed by atoms with E-state index in [1.54, 1.807) is 6.20 Å². The summed E-state index contributed by atoms with van der Waals surface area (Å²) in [5, 5.41) is 14.3. The number of aliphatic hydroxyl groups excluding tert-OH is 1. The molecule has 0 radical (unpaired) electrons. The number of aliphatic hydroxyl groups is 1. The monoisotopic (exact) mass is 308 g/mol. The predicted octanol–water partition coefficient (Wildman–Crippen LogP) is 2.71. The van der Waals surface area contributed by atoms with E-state index in [1.165, 1.54) is 17.9 Å². The molecule has 0 aliphatic carbocycles. The molecule has 0 spiro atoms. The number of fused-ring (bicyclic) bond motifs is 1. The van der Waals surface area contributed by atoms with Crippen LogP contribution in [0.4, 0.5) is 0 Å². The molecule has 2 aromatic carbocycles. The fourth-order valence-corrected chi connectivity index (χ4v) is 2.47. The number of ether oxygens (including phenoxy) is 1. The molecule has 0 fully saturated rings. The van der Waals surface area contributed by atoms with Crippen molar-refractivity contribution in [1.82, 2.24) is 9.78 Å². The van der Waals surface area contributed by atoms with Gasteiger partial charge in [0.15, 0.2) is 0 Å². The van der Waals surface area contributed by atoms with Gasteiger partial charge in [0.25, 0.3) is 0 Å². The van der Waals surface area contributed by atoms with Crippen molar-refractivity contribution in [1.29, 1.82) is 0 Å². The second-order valence-electron chi connectivity index (χ2n) is 4.96. The van der Waals surface area contributed by atoms with Crippen molar-refractivity contribution >= 4 is 22.6 Å². The molecule has 3 aromatic rings. The van der Waals surface area contributed by atoms with Gasteiger partial charge in [-0.2, -0.15) is 5.10 Å². The third kappa shape index (κ3) is 2.86. The van der Waals surface area contributed by atoms with Gasteiger partial charge < -0.3 is 9.84 Å². The summed E-state index contributed by atoms with van der Waals surface area (Å²) >= 11 is 0. The molecule has 5 heteroatoms. The molecule has 116 valence electrons. The number of carbonyl (C=O) groups is 1. The van der Waals surface area contributed by atoms with E-state index in [0.717, 1.165) is 22.0 Å². The lowest BCUT2D eigenvalue weighted by atomic mass is 10.0. The lowest BCUT2D eigenvalue weighted by Gasteiger charge is -2.08. The van der Waals surface area contributed by atoms with Crippen LogP contribution < -0.4 is 0 Å². The minimum atomic E-state index is -0.547. The summed E-state index contributed by atoms with van der Waals surface area (Å²) in [5.74, 6) is -0.547. The maximum atomic E-state index is 11.9. The van der Waals surface area contributed by atoms with E-state index in [9.17, 15) is 4.79 Å². The largest absolute Gasteiger partial charge is 0.464 e. The van der Waals surface area contributed by atoms with E-state index in [1.807, 2.05) is 48.5 Å². The van der Waals surface area contributed by atoms with Crippen LogP contribution in [0.3, 0.4) is 0 Å². The van der Waals surface area contributed by atoms with Gasteiger partial charge in [-0.15, -0.1) is 0 Å². The summed E-state index contributed by atoms with van der Waals surface area (Å²) in [6.07, 6.45) is 3.06. The zero-order valence-electron chi connectivity index (χ0n) is 12.6. The van der Waals surface area contributed by atoms with Gasteiger partial charge in [0, 0.05) is 5.39 Å². The van der Waals surface area contributed by atoms with Crippen LogP contribution in [0.25, 0.3) is 27.7 Å². The quantitative estimate of drug-likeness (QED) is 0.594. The molecule has 1 aromatic heterocycles. The summed E-state index contributed by atoms with van der Waals surface area (Å²) in [6, 6.07) is 15.9. The van der Waals surface area contributed by atoms with Crippen LogP contribution in [0.1, 0.15) is 0 Å². The molecule has 0 unspecified atom stereocenters. The van der Waals surface area contributed by atoms with Crippen LogP contribution in [0.2, 0.25) is 0 Å². The van der Waals surface area contributed by atoms with E-state index < -0.39 is 5.97 Å². The van der Waals surface area contributed by atoms with Crippen LogP contribution in [0.5, 0.6) is 0 Å². The number of rotatable bonds is 4. The maximum absolute atomic E-state index is 11.9. The molecule has 0 atom stereocenters. The lowest BCUT2D eigenvalue weighted by molar-refractivity contribution is -0.134. The van der Waals surface area contributed by atoms with Gasteiger partial charge in [0.2, 0.25) is 0 Å². The molecule has 0 saturated carbocycles. The zero-order valence-corrected chi connectivity index (χ0v) is 12.6. The van der Waals surface area contributed by atoms with Crippen LogP contribution in [0, 0.1) is 0 Å². The summed E-state index contributed by atoms with van der Waals surface area (Å²) in [5.41, 5.74) is 3.06. The molecule has 0 saturated heterocycles. The first-order chi connectivity index (χ1) is 11.2. The molecular weight excluding hydrogens is 292 g/mol. The van der Waals surface area contributed by atoms with Gasteiger partial charge in [-0.25, -0.2) is 9.48 Å². The fraction of sp³-hybridized carbons (Fsp3) is 0.111. The lowest BCUT2D eigenvalue weighted by Crippen LogP contribution is -2.12. The Balaban J connectivity index is 2.15. The van der Waals surface area contributed by atoms with E-state index in [0.29, 0.717) is 0 Å². The standard InChI is InChI=1S/C18H16N2O3/c1-23-18(22)16(9-10-21)20-17-11-14(7-8-15(17)12-19-20)13-5-3-2-4-6-13/h2-9,11-12,21H,10H2,1H3/b16-9-. The highest BCUT2D eigenvalue weighted by molar-refractivity contribution is 6.11. The van der Waals surface area contributed by atoms with E-state index >= 15 is 0 Å². The molecule has 5 nitrogen and oxygen atoms in total. The summed E-state index contributed by atoms with van der Waals surface area (Å²) < 4.78 is 6.26. The summed E-state index contributed by atoms with van der Waals surface area (Å²) in [7, 11) is 1.30.